The number of nitrogens with zero attached hydrogens (tertiary/aromatic N) is 1. The molecular formula is C16H9Cl2N3O. The van der Waals surface area contributed by atoms with Gasteiger partial charge in [0, 0.05) is 10.9 Å². The van der Waals surface area contributed by atoms with E-state index in [-0.39, 0.29) is 5.56 Å². The minimum atomic E-state index is -0.232. The lowest BCUT2D eigenvalue weighted by Gasteiger charge is -2.03. The van der Waals surface area contributed by atoms with Crippen LogP contribution < -0.4 is 5.56 Å². The zero-order valence-electron chi connectivity index (χ0n) is 11.2. The minimum Gasteiger partial charge on any atom is -0.338 e. The molecule has 2 aromatic heterocycles. The summed E-state index contributed by atoms with van der Waals surface area (Å²) in [5.74, 6) is 0.524. The van der Waals surface area contributed by atoms with Crippen LogP contribution >= 0.6 is 23.2 Å². The van der Waals surface area contributed by atoms with Crippen LogP contribution in [0.5, 0.6) is 0 Å². The van der Waals surface area contributed by atoms with Crippen LogP contribution in [0.4, 0.5) is 0 Å². The summed E-state index contributed by atoms with van der Waals surface area (Å²) in [5, 5.41) is 1.64. The topological polar surface area (TPSA) is 61.5 Å². The average molecular weight is 330 g/mol. The quantitative estimate of drug-likeness (QED) is 0.544. The second-order valence-corrected chi connectivity index (χ2v) is 5.78. The number of hydrogen-bond donors (Lipinski definition) is 2. The van der Waals surface area contributed by atoms with E-state index in [4.69, 9.17) is 23.2 Å². The maximum atomic E-state index is 12.3. The Bertz CT molecular complexity index is 1050. The molecule has 0 radical (unpaired) electrons. The molecule has 4 rings (SSSR count). The molecule has 6 heteroatoms. The molecule has 22 heavy (non-hydrogen) atoms. The predicted molar refractivity (Wildman–Crippen MR) is 89.7 cm³/mol. The summed E-state index contributed by atoms with van der Waals surface area (Å²) in [4.78, 5) is 22.7. The largest absolute Gasteiger partial charge is 0.338 e. The lowest BCUT2D eigenvalue weighted by Crippen LogP contribution is -2.09. The van der Waals surface area contributed by atoms with E-state index in [9.17, 15) is 4.79 Å². The highest BCUT2D eigenvalue weighted by atomic mass is 35.5. The summed E-state index contributed by atoms with van der Waals surface area (Å²) >= 11 is 12.0. The Morgan fingerprint density at radius 2 is 1.68 bits per heavy atom. The molecule has 0 bridgehead atoms. The number of para-hydroxylation sites is 2. The molecule has 0 atom stereocenters. The fourth-order valence-electron chi connectivity index (χ4n) is 2.46. The summed E-state index contributed by atoms with van der Waals surface area (Å²) < 4.78 is 0. The van der Waals surface area contributed by atoms with Gasteiger partial charge >= 0.3 is 0 Å². The molecular weight excluding hydrogens is 321 g/mol. The van der Waals surface area contributed by atoms with E-state index in [0.717, 1.165) is 16.4 Å². The van der Waals surface area contributed by atoms with Crippen LogP contribution in [0.2, 0.25) is 10.0 Å². The van der Waals surface area contributed by atoms with Crippen molar-refractivity contribution in [3.05, 3.63) is 62.9 Å². The van der Waals surface area contributed by atoms with Gasteiger partial charge in [0.05, 0.1) is 26.6 Å². The first kappa shape index (κ1) is 13.4. The van der Waals surface area contributed by atoms with Crippen molar-refractivity contribution in [1.29, 1.82) is 0 Å². The lowest BCUT2D eigenvalue weighted by molar-refractivity contribution is 1.25. The van der Waals surface area contributed by atoms with Gasteiger partial charge in [0.2, 0.25) is 0 Å². The van der Waals surface area contributed by atoms with Crippen molar-refractivity contribution in [1.82, 2.24) is 15.0 Å². The van der Waals surface area contributed by atoms with E-state index in [1.807, 2.05) is 24.3 Å². The molecule has 0 saturated carbocycles. The molecule has 0 aliphatic heterocycles. The molecule has 0 unspecified atom stereocenters. The molecule has 0 aliphatic carbocycles. The van der Waals surface area contributed by atoms with Gasteiger partial charge in [-0.25, -0.2) is 4.98 Å². The van der Waals surface area contributed by atoms with Crippen LogP contribution in [0.1, 0.15) is 0 Å². The van der Waals surface area contributed by atoms with Gasteiger partial charge in [-0.2, -0.15) is 0 Å². The van der Waals surface area contributed by atoms with Crippen molar-refractivity contribution in [3.8, 4) is 11.4 Å². The van der Waals surface area contributed by atoms with E-state index >= 15 is 0 Å². The van der Waals surface area contributed by atoms with E-state index in [1.165, 1.54) is 0 Å². The molecule has 0 aliphatic rings. The van der Waals surface area contributed by atoms with Crippen molar-refractivity contribution in [2.75, 3.05) is 0 Å². The van der Waals surface area contributed by atoms with Gasteiger partial charge in [-0.1, -0.05) is 35.3 Å². The van der Waals surface area contributed by atoms with Crippen LogP contribution in [0.15, 0.2) is 47.3 Å². The number of H-pyrrole nitrogens is 2. The number of hydrogen-bond acceptors (Lipinski definition) is 2. The molecule has 0 spiro atoms. The molecule has 0 fully saturated rings. The van der Waals surface area contributed by atoms with Crippen molar-refractivity contribution >= 4 is 45.1 Å². The van der Waals surface area contributed by atoms with E-state index < -0.39 is 0 Å². The monoisotopic (exact) mass is 329 g/mol. The SMILES string of the molecule is O=c1[nH]c2cc(Cl)c(Cl)cc2cc1-c1nc2ccccc2[nH]1. The number of aromatic nitrogens is 3. The van der Waals surface area contributed by atoms with Crippen LogP contribution in [0.3, 0.4) is 0 Å². The standard InChI is InChI=1S/C16H9Cl2N3O/c17-10-6-8-5-9(16(22)21-14(8)7-11(10)18)15-19-12-3-1-2-4-13(12)20-15/h1-7H,(H,19,20)(H,21,22). The Hall–Kier alpha value is -2.30. The van der Waals surface area contributed by atoms with Crippen molar-refractivity contribution in [2.45, 2.75) is 0 Å². The Morgan fingerprint density at radius 1 is 0.909 bits per heavy atom. The predicted octanol–water partition coefficient (Wildman–Crippen LogP) is 4.38. The molecule has 108 valence electrons. The summed E-state index contributed by atoms with van der Waals surface area (Å²) in [7, 11) is 0. The molecule has 4 aromatic rings. The highest BCUT2D eigenvalue weighted by Crippen LogP contribution is 2.28. The van der Waals surface area contributed by atoms with Crippen molar-refractivity contribution < 1.29 is 0 Å². The van der Waals surface area contributed by atoms with Gasteiger partial charge in [-0.05, 0) is 30.3 Å². The Balaban J connectivity index is 1.99. The maximum absolute atomic E-state index is 12.3. The van der Waals surface area contributed by atoms with Gasteiger partial charge in [0.1, 0.15) is 5.82 Å². The molecule has 0 saturated heterocycles. The average Bonchev–Trinajstić information content (AvgIpc) is 2.92. The van der Waals surface area contributed by atoms with Gasteiger partial charge in [0.15, 0.2) is 0 Å². The summed E-state index contributed by atoms with van der Waals surface area (Å²) in [6.07, 6.45) is 0. The molecule has 2 heterocycles. The first-order valence-electron chi connectivity index (χ1n) is 6.59. The zero-order chi connectivity index (χ0) is 15.3. The smallest absolute Gasteiger partial charge is 0.259 e. The van der Waals surface area contributed by atoms with Crippen LogP contribution in [-0.2, 0) is 0 Å². The Labute approximate surface area is 134 Å². The molecule has 0 amide bonds. The van der Waals surface area contributed by atoms with Crippen molar-refractivity contribution in [3.63, 3.8) is 0 Å². The minimum absolute atomic E-state index is 0.232. The third-order valence-electron chi connectivity index (χ3n) is 3.53. The third kappa shape index (κ3) is 2.08. The van der Waals surface area contributed by atoms with E-state index in [2.05, 4.69) is 15.0 Å². The summed E-state index contributed by atoms with van der Waals surface area (Å²) in [5.41, 5.74) is 2.56. The van der Waals surface area contributed by atoms with Crippen molar-refractivity contribution in [2.24, 2.45) is 0 Å². The summed E-state index contributed by atoms with van der Waals surface area (Å²) in [6.45, 7) is 0. The fourth-order valence-corrected chi connectivity index (χ4v) is 2.79. The van der Waals surface area contributed by atoms with Crippen LogP contribution in [-0.4, -0.2) is 15.0 Å². The number of pyridine rings is 1. The number of imidazole rings is 1. The second kappa shape index (κ2) is 4.87. The van der Waals surface area contributed by atoms with Crippen LogP contribution in [0, 0.1) is 0 Å². The van der Waals surface area contributed by atoms with Gasteiger partial charge in [0.25, 0.3) is 5.56 Å². The van der Waals surface area contributed by atoms with Gasteiger partial charge in [-0.3, -0.25) is 4.79 Å². The molecule has 2 N–H and O–H groups in total. The number of rotatable bonds is 1. The van der Waals surface area contributed by atoms with Gasteiger partial charge < -0.3 is 9.97 Å². The number of halogens is 2. The molecule has 2 aromatic carbocycles. The number of nitrogens with one attached hydrogen (secondary N) is 2. The first-order valence-corrected chi connectivity index (χ1v) is 7.34. The number of aromatic amines is 2. The first-order chi connectivity index (χ1) is 10.6. The maximum Gasteiger partial charge on any atom is 0.259 e. The normalized spacial score (nSPS) is 11.4. The zero-order valence-corrected chi connectivity index (χ0v) is 12.7. The van der Waals surface area contributed by atoms with E-state index in [0.29, 0.717) is 26.9 Å². The second-order valence-electron chi connectivity index (χ2n) is 4.97. The highest BCUT2D eigenvalue weighted by molar-refractivity contribution is 6.42. The number of fused-ring (bicyclic) bond motifs is 2. The third-order valence-corrected chi connectivity index (χ3v) is 4.25. The fraction of sp³-hybridized carbons (Fsp3) is 0. The molecule has 4 nitrogen and oxygen atoms in total. The lowest BCUT2D eigenvalue weighted by atomic mass is 10.1. The Morgan fingerprint density at radius 3 is 2.50 bits per heavy atom. The van der Waals surface area contributed by atoms with E-state index in [1.54, 1.807) is 18.2 Å². The summed E-state index contributed by atoms with van der Waals surface area (Å²) in [6, 6.07) is 12.7. The van der Waals surface area contributed by atoms with Gasteiger partial charge in [-0.15, -0.1) is 0 Å². The highest BCUT2D eigenvalue weighted by Gasteiger charge is 2.11. The number of benzene rings is 2. The van der Waals surface area contributed by atoms with Crippen LogP contribution in [0.25, 0.3) is 33.3 Å². The Kier molecular flexibility index (Phi) is 2.96.